The van der Waals surface area contributed by atoms with Gasteiger partial charge in [0.15, 0.2) is 5.69 Å². The number of nitrogens with zero attached hydrogens (tertiary/aromatic N) is 2. The van der Waals surface area contributed by atoms with Gasteiger partial charge >= 0.3 is 0 Å². The van der Waals surface area contributed by atoms with E-state index in [1.165, 1.54) is 5.69 Å². The molecule has 0 aliphatic heterocycles. The first-order valence-electron chi connectivity index (χ1n) is 10.1. The quantitative estimate of drug-likeness (QED) is 0.527. The summed E-state index contributed by atoms with van der Waals surface area (Å²) in [6, 6.07) is 17.8. The molecule has 2 atom stereocenters. The lowest BCUT2D eigenvalue weighted by Gasteiger charge is -2.35. The van der Waals surface area contributed by atoms with Crippen molar-refractivity contribution < 1.29 is 4.79 Å². The van der Waals surface area contributed by atoms with Crippen molar-refractivity contribution in [3.63, 3.8) is 0 Å². The molecule has 148 valence electrons. The second-order valence-electron chi connectivity index (χ2n) is 8.94. The van der Waals surface area contributed by atoms with Crippen molar-refractivity contribution in [1.82, 2.24) is 9.78 Å². The molecule has 0 radical (unpaired) electrons. The predicted octanol–water partition coefficient (Wildman–Crippen LogP) is 6.06. The first-order chi connectivity index (χ1) is 13.8. The van der Waals surface area contributed by atoms with Crippen LogP contribution in [-0.4, -0.2) is 15.7 Å². The molecule has 0 unspecified atom stereocenters. The molecular weight excluding hydrogens is 426 g/mol. The Bertz CT molecular complexity index is 1120. The summed E-state index contributed by atoms with van der Waals surface area (Å²) in [7, 11) is 0. The Morgan fingerprint density at radius 1 is 1.10 bits per heavy atom. The molecule has 0 saturated heterocycles. The summed E-state index contributed by atoms with van der Waals surface area (Å²) in [5, 5.41) is 7.93. The zero-order valence-electron chi connectivity index (χ0n) is 16.9. The summed E-state index contributed by atoms with van der Waals surface area (Å²) in [6.45, 7) is 7.03. The monoisotopic (exact) mass is 449 g/mol. The summed E-state index contributed by atoms with van der Waals surface area (Å²) in [5.41, 5.74) is 4.77. The first-order valence-corrected chi connectivity index (χ1v) is 10.9. The number of rotatable bonds is 3. The standard InChI is InChI=1S/C24H24BrN3O/c1-23(2)16-13-14-24(23,3)21-19(16)20(27-28(21)15-9-5-4-6-10-15)22(29)26-18-12-8-7-11-17(18)25/h4-12,16H,13-14H2,1-3H3,(H,26,29)/t16-,24+/m0/s1. The molecule has 2 bridgehead atoms. The second-order valence-corrected chi connectivity index (χ2v) is 9.79. The van der Waals surface area contributed by atoms with Crippen LogP contribution < -0.4 is 5.32 Å². The maximum absolute atomic E-state index is 13.4. The van der Waals surface area contributed by atoms with Gasteiger partial charge in [-0.3, -0.25) is 4.79 Å². The lowest BCUT2D eigenvalue weighted by molar-refractivity contribution is 0.101. The highest BCUT2D eigenvalue weighted by Crippen LogP contribution is 2.68. The summed E-state index contributed by atoms with van der Waals surface area (Å²) < 4.78 is 2.88. The van der Waals surface area contributed by atoms with Crippen LogP contribution in [0.1, 0.15) is 61.3 Å². The Morgan fingerprint density at radius 3 is 2.52 bits per heavy atom. The maximum atomic E-state index is 13.4. The van der Waals surface area contributed by atoms with Crippen LogP contribution in [-0.2, 0) is 5.41 Å². The lowest BCUT2D eigenvalue weighted by atomic mass is 9.70. The minimum Gasteiger partial charge on any atom is -0.320 e. The van der Waals surface area contributed by atoms with E-state index in [2.05, 4.69) is 54.2 Å². The molecule has 2 aliphatic rings. The van der Waals surface area contributed by atoms with Crippen LogP contribution in [0.5, 0.6) is 0 Å². The number of halogens is 1. The average Bonchev–Trinajstić information content (AvgIpc) is 3.27. The minimum atomic E-state index is -0.144. The van der Waals surface area contributed by atoms with Crippen LogP contribution in [0, 0.1) is 5.41 Å². The molecule has 1 heterocycles. The number of para-hydroxylation sites is 2. The summed E-state index contributed by atoms with van der Waals surface area (Å²) in [6.07, 6.45) is 2.23. The zero-order valence-corrected chi connectivity index (χ0v) is 18.5. The van der Waals surface area contributed by atoms with Gasteiger partial charge in [0, 0.05) is 15.5 Å². The normalized spacial score (nSPS) is 23.8. The number of fused-ring (bicyclic) bond motifs is 5. The van der Waals surface area contributed by atoms with E-state index in [-0.39, 0.29) is 16.7 Å². The summed E-state index contributed by atoms with van der Waals surface area (Å²) >= 11 is 3.52. The van der Waals surface area contributed by atoms with Crippen molar-refractivity contribution in [3.8, 4) is 5.69 Å². The van der Waals surface area contributed by atoms with Gasteiger partial charge in [-0.25, -0.2) is 4.68 Å². The molecule has 1 fully saturated rings. The Labute approximate surface area is 179 Å². The highest BCUT2D eigenvalue weighted by Gasteiger charge is 2.63. The lowest BCUT2D eigenvalue weighted by Crippen LogP contribution is -2.33. The minimum absolute atomic E-state index is 0.00169. The van der Waals surface area contributed by atoms with Crippen LogP contribution in [0.4, 0.5) is 5.69 Å². The first kappa shape index (κ1) is 18.6. The number of anilines is 1. The van der Waals surface area contributed by atoms with Gasteiger partial charge in [-0.2, -0.15) is 5.10 Å². The Kier molecular flexibility index (Phi) is 4.04. The van der Waals surface area contributed by atoms with E-state index in [0.29, 0.717) is 11.6 Å². The Balaban J connectivity index is 1.67. The second kappa shape index (κ2) is 6.30. The Hall–Kier alpha value is -2.40. The molecule has 1 saturated carbocycles. The number of amides is 1. The van der Waals surface area contributed by atoms with E-state index in [0.717, 1.165) is 34.3 Å². The molecule has 2 aliphatic carbocycles. The SMILES string of the molecule is CC1(C)[C@H]2CC[C@]1(C)c1c2c(C(=O)Nc2ccccc2Br)nn1-c1ccccc1. The van der Waals surface area contributed by atoms with Gasteiger partial charge in [-0.05, 0) is 64.4 Å². The fraction of sp³-hybridized carbons (Fsp3) is 0.333. The van der Waals surface area contributed by atoms with Crippen molar-refractivity contribution in [2.45, 2.75) is 44.9 Å². The number of benzene rings is 2. The van der Waals surface area contributed by atoms with Crippen molar-refractivity contribution in [2.24, 2.45) is 5.41 Å². The van der Waals surface area contributed by atoms with E-state index in [9.17, 15) is 4.79 Å². The molecule has 3 aromatic rings. The number of carbonyl (C=O) groups is 1. The molecule has 0 spiro atoms. The van der Waals surface area contributed by atoms with Crippen molar-refractivity contribution in [1.29, 1.82) is 0 Å². The molecule has 5 heteroatoms. The third kappa shape index (κ3) is 2.49. The van der Waals surface area contributed by atoms with E-state index < -0.39 is 0 Å². The topological polar surface area (TPSA) is 46.9 Å². The third-order valence-electron chi connectivity index (χ3n) is 7.36. The van der Waals surface area contributed by atoms with E-state index in [1.807, 2.05) is 47.1 Å². The molecule has 1 N–H and O–H groups in total. The van der Waals surface area contributed by atoms with Gasteiger partial charge in [-0.1, -0.05) is 51.1 Å². The van der Waals surface area contributed by atoms with Gasteiger partial charge in [0.05, 0.1) is 17.1 Å². The van der Waals surface area contributed by atoms with Gasteiger partial charge in [-0.15, -0.1) is 0 Å². The van der Waals surface area contributed by atoms with Gasteiger partial charge < -0.3 is 5.32 Å². The van der Waals surface area contributed by atoms with Crippen LogP contribution in [0.15, 0.2) is 59.1 Å². The van der Waals surface area contributed by atoms with Crippen LogP contribution >= 0.6 is 15.9 Å². The zero-order chi connectivity index (χ0) is 20.4. The van der Waals surface area contributed by atoms with E-state index >= 15 is 0 Å². The highest BCUT2D eigenvalue weighted by atomic mass is 79.9. The molecule has 29 heavy (non-hydrogen) atoms. The van der Waals surface area contributed by atoms with E-state index in [1.54, 1.807) is 0 Å². The van der Waals surface area contributed by atoms with Crippen molar-refractivity contribution >= 4 is 27.5 Å². The third-order valence-corrected chi connectivity index (χ3v) is 8.05. The number of nitrogens with one attached hydrogen (secondary N) is 1. The number of carbonyl (C=O) groups excluding carboxylic acids is 1. The fourth-order valence-corrected chi connectivity index (χ4v) is 5.77. The van der Waals surface area contributed by atoms with Gasteiger partial charge in [0.1, 0.15) is 0 Å². The van der Waals surface area contributed by atoms with E-state index in [4.69, 9.17) is 5.10 Å². The van der Waals surface area contributed by atoms with Crippen LogP contribution in [0.25, 0.3) is 5.69 Å². The van der Waals surface area contributed by atoms with Crippen molar-refractivity contribution in [2.75, 3.05) is 5.32 Å². The predicted molar refractivity (Wildman–Crippen MR) is 119 cm³/mol. The van der Waals surface area contributed by atoms with Crippen molar-refractivity contribution in [3.05, 3.63) is 76.0 Å². The smallest absolute Gasteiger partial charge is 0.276 e. The summed E-state index contributed by atoms with van der Waals surface area (Å²) in [5.74, 6) is 0.203. The van der Waals surface area contributed by atoms with Gasteiger partial charge in [0.2, 0.25) is 0 Å². The fourth-order valence-electron chi connectivity index (χ4n) is 5.39. The number of hydrogen-bond acceptors (Lipinski definition) is 2. The molecule has 2 aromatic carbocycles. The Morgan fingerprint density at radius 2 is 1.79 bits per heavy atom. The van der Waals surface area contributed by atoms with Crippen LogP contribution in [0.3, 0.4) is 0 Å². The van der Waals surface area contributed by atoms with Crippen LogP contribution in [0.2, 0.25) is 0 Å². The molecule has 1 amide bonds. The maximum Gasteiger partial charge on any atom is 0.276 e. The number of hydrogen-bond donors (Lipinski definition) is 1. The summed E-state index contributed by atoms with van der Waals surface area (Å²) in [4.78, 5) is 13.4. The van der Waals surface area contributed by atoms with Gasteiger partial charge in [0.25, 0.3) is 5.91 Å². The number of aromatic nitrogens is 2. The largest absolute Gasteiger partial charge is 0.320 e. The molecule has 4 nitrogen and oxygen atoms in total. The average molecular weight is 450 g/mol. The highest BCUT2D eigenvalue weighted by molar-refractivity contribution is 9.10. The molecule has 1 aromatic heterocycles. The molecular formula is C24H24BrN3O. The molecule has 5 rings (SSSR count).